The normalized spacial score (nSPS) is 23.8. The first kappa shape index (κ1) is 32.4. The Hall–Kier alpha value is -3.01. The first-order valence-corrected chi connectivity index (χ1v) is 17.5. The van der Waals surface area contributed by atoms with Crippen LogP contribution in [0, 0.1) is 11.3 Å². The Labute approximate surface area is 269 Å². The summed E-state index contributed by atoms with van der Waals surface area (Å²) in [7, 11) is -4.43. The molecule has 234 valence electrons. The van der Waals surface area contributed by atoms with Crippen LogP contribution in [0.2, 0.25) is 0 Å². The monoisotopic (exact) mass is 680 g/mol. The predicted octanol–water partition coefficient (Wildman–Crippen LogP) is 7.20. The van der Waals surface area contributed by atoms with Crippen molar-refractivity contribution in [2.45, 2.75) is 88.5 Å². The Bertz CT molecular complexity index is 1680. The van der Waals surface area contributed by atoms with Crippen molar-refractivity contribution >= 4 is 43.5 Å². The number of carbonyl (C=O) groups excluding carboxylic acids is 2. The molecule has 0 saturated heterocycles. The zero-order valence-electron chi connectivity index (χ0n) is 25.7. The zero-order valence-corrected chi connectivity index (χ0v) is 28.1. The van der Waals surface area contributed by atoms with E-state index in [0.717, 1.165) is 40.4 Å². The Kier molecular flexibility index (Phi) is 9.13. The van der Waals surface area contributed by atoms with Gasteiger partial charge in [-0.05, 0) is 99.3 Å². The lowest BCUT2D eigenvalue weighted by atomic mass is 9.49. The number of aryl methyl sites for hydroxylation is 1. The molecule has 3 N–H and O–H groups in total. The SMILES string of the molecule is CC(C)c1cc2c(cc1S(=O)(=O)O)[C@@]1(C)CCC[C@@](C)(C(=O)N[C@H](Cc3ccccc3)C(=O)Nc3ccccc3Br)[C@@H]1CC2. The number of hydrogen-bond acceptors (Lipinski definition) is 4. The number of halogens is 1. The predicted molar refractivity (Wildman–Crippen MR) is 176 cm³/mol. The lowest BCUT2D eigenvalue weighted by Gasteiger charge is -2.54. The van der Waals surface area contributed by atoms with Crippen LogP contribution in [-0.2, 0) is 38.0 Å². The summed E-state index contributed by atoms with van der Waals surface area (Å²) in [5, 5.41) is 6.13. The number of fused-ring (bicyclic) bond motifs is 3. The van der Waals surface area contributed by atoms with Crippen LogP contribution < -0.4 is 10.6 Å². The van der Waals surface area contributed by atoms with Gasteiger partial charge in [0.15, 0.2) is 0 Å². The van der Waals surface area contributed by atoms with E-state index in [1.807, 2.05) is 81.4 Å². The molecule has 2 aliphatic rings. The maximum absolute atomic E-state index is 14.4. The minimum Gasteiger partial charge on any atom is -0.343 e. The number of amides is 2. The lowest BCUT2D eigenvalue weighted by Crippen LogP contribution is -2.58. The molecule has 0 bridgehead atoms. The first-order valence-electron chi connectivity index (χ1n) is 15.3. The number of benzene rings is 3. The Balaban J connectivity index is 1.48. The number of rotatable bonds is 8. The van der Waals surface area contributed by atoms with Crippen molar-refractivity contribution in [3.8, 4) is 0 Å². The third-order valence-corrected chi connectivity index (χ3v) is 11.5. The molecule has 5 rings (SSSR count). The van der Waals surface area contributed by atoms with Gasteiger partial charge in [-0.15, -0.1) is 0 Å². The van der Waals surface area contributed by atoms with Crippen LogP contribution in [0.5, 0.6) is 0 Å². The van der Waals surface area contributed by atoms with Crippen molar-refractivity contribution in [2.24, 2.45) is 11.3 Å². The third kappa shape index (κ3) is 6.24. The van der Waals surface area contributed by atoms with Gasteiger partial charge in [0.2, 0.25) is 11.8 Å². The van der Waals surface area contributed by atoms with Gasteiger partial charge in [-0.25, -0.2) is 0 Å². The van der Waals surface area contributed by atoms with Gasteiger partial charge in [-0.3, -0.25) is 14.1 Å². The standard InChI is InChI=1S/C35H41BrN2O5S/c1-22(2)25-20-24-15-16-31-34(3,26(24)21-30(25)44(41,42)43)17-10-18-35(31,4)33(40)38-29(19-23-11-6-5-7-12-23)32(39)37-28-14-9-8-13-27(28)36/h5-9,11-14,20-22,29,31H,10,15-19H2,1-4H3,(H,37,39)(H,38,40)(H,41,42,43)/t29-,31-,34-,35-/m1/s1. The second-order valence-electron chi connectivity index (χ2n) is 13.1. The molecule has 9 heteroatoms. The Morgan fingerprint density at radius 3 is 2.36 bits per heavy atom. The van der Waals surface area contributed by atoms with Gasteiger partial charge in [0.25, 0.3) is 10.1 Å². The van der Waals surface area contributed by atoms with Gasteiger partial charge in [-0.1, -0.05) is 82.6 Å². The maximum Gasteiger partial charge on any atom is 0.294 e. The van der Waals surface area contributed by atoms with Gasteiger partial charge < -0.3 is 10.6 Å². The summed E-state index contributed by atoms with van der Waals surface area (Å²) in [6.45, 7) is 7.96. The number of para-hydroxylation sites is 1. The Morgan fingerprint density at radius 2 is 1.70 bits per heavy atom. The van der Waals surface area contributed by atoms with Gasteiger partial charge in [0, 0.05) is 10.9 Å². The highest BCUT2D eigenvalue weighted by molar-refractivity contribution is 9.10. The molecular formula is C35H41BrN2O5S. The fourth-order valence-corrected chi connectivity index (χ4v) is 8.87. The van der Waals surface area contributed by atoms with E-state index in [0.29, 0.717) is 30.5 Å². The molecule has 44 heavy (non-hydrogen) atoms. The van der Waals surface area contributed by atoms with Crippen LogP contribution in [0.25, 0.3) is 0 Å². The number of carbonyl (C=O) groups is 2. The van der Waals surface area contributed by atoms with Crippen molar-refractivity contribution in [1.82, 2.24) is 5.32 Å². The lowest BCUT2D eigenvalue weighted by molar-refractivity contribution is -0.141. The summed E-state index contributed by atoms with van der Waals surface area (Å²) in [4.78, 5) is 28.0. The van der Waals surface area contributed by atoms with Crippen LogP contribution in [0.3, 0.4) is 0 Å². The third-order valence-electron chi connectivity index (χ3n) is 9.94. The highest BCUT2D eigenvalue weighted by Crippen LogP contribution is 2.58. The molecule has 0 unspecified atom stereocenters. The van der Waals surface area contributed by atoms with Gasteiger partial charge in [0.05, 0.1) is 16.0 Å². The van der Waals surface area contributed by atoms with Gasteiger partial charge in [0.1, 0.15) is 6.04 Å². The molecule has 0 aromatic heterocycles. The van der Waals surface area contributed by atoms with Crippen LogP contribution in [0.4, 0.5) is 5.69 Å². The average Bonchev–Trinajstić information content (AvgIpc) is 2.97. The van der Waals surface area contributed by atoms with Crippen LogP contribution >= 0.6 is 15.9 Å². The van der Waals surface area contributed by atoms with Crippen molar-refractivity contribution < 1.29 is 22.6 Å². The molecule has 1 saturated carbocycles. The van der Waals surface area contributed by atoms with Crippen molar-refractivity contribution in [3.05, 3.63) is 93.5 Å². The quantitative estimate of drug-likeness (QED) is 0.218. The van der Waals surface area contributed by atoms with Crippen LogP contribution in [0.1, 0.15) is 81.5 Å². The minimum atomic E-state index is -4.43. The van der Waals surface area contributed by atoms with Crippen molar-refractivity contribution in [1.29, 1.82) is 0 Å². The average molecular weight is 682 g/mol. The fourth-order valence-electron chi connectivity index (χ4n) is 7.63. The summed E-state index contributed by atoms with van der Waals surface area (Å²) in [5.74, 6) is -0.633. The van der Waals surface area contributed by atoms with E-state index in [1.165, 1.54) is 0 Å². The summed E-state index contributed by atoms with van der Waals surface area (Å²) >= 11 is 3.49. The van der Waals surface area contributed by atoms with E-state index in [-0.39, 0.29) is 28.5 Å². The summed E-state index contributed by atoms with van der Waals surface area (Å²) in [6, 6.07) is 19.8. The van der Waals surface area contributed by atoms with E-state index in [9.17, 15) is 22.6 Å². The molecule has 1 fully saturated rings. The molecule has 4 atom stereocenters. The minimum absolute atomic E-state index is 0.0449. The highest BCUT2D eigenvalue weighted by atomic mass is 79.9. The number of nitrogens with one attached hydrogen (secondary N) is 2. The van der Waals surface area contributed by atoms with E-state index in [1.54, 1.807) is 6.07 Å². The molecule has 0 aliphatic heterocycles. The van der Waals surface area contributed by atoms with E-state index in [4.69, 9.17) is 0 Å². The zero-order chi connectivity index (χ0) is 31.9. The molecule has 2 aliphatic carbocycles. The summed E-state index contributed by atoms with van der Waals surface area (Å²) in [5.41, 5.74) is 2.89. The molecule has 0 heterocycles. The number of hydrogen-bond donors (Lipinski definition) is 3. The summed E-state index contributed by atoms with van der Waals surface area (Å²) in [6.07, 6.45) is 4.04. The maximum atomic E-state index is 14.4. The van der Waals surface area contributed by atoms with Gasteiger partial charge in [-0.2, -0.15) is 8.42 Å². The van der Waals surface area contributed by atoms with Crippen LogP contribution in [-0.4, -0.2) is 30.8 Å². The first-order chi connectivity index (χ1) is 20.7. The van der Waals surface area contributed by atoms with E-state index in [2.05, 4.69) is 33.5 Å². The highest BCUT2D eigenvalue weighted by Gasteiger charge is 2.55. The molecule has 3 aromatic carbocycles. The molecule has 0 spiro atoms. The number of anilines is 1. The van der Waals surface area contributed by atoms with E-state index >= 15 is 0 Å². The summed E-state index contributed by atoms with van der Waals surface area (Å²) < 4.78 is 35.9. The fraction of sp³-hybridized carbons (Fsp3) is 0.429. The molecular weight excluding hydrogens is 640 g/mol. The van der Waals surface area contributed by atoms with Gasteiger partial charge >= 0.3 is 0 Å². The van der Waals surface area contributed by atoms with Crippen molar-refractivity contribution in [2.75, 3.05) is 5.32 Å². The largest absolute Gasteiger partial charge is 0.343 e. The molecule has 3 aromatic rings. The molecule has 2 amide bonds. The molecule has 0 radical (unpaired) electrons. The second-order valence-corrected chi connectivity index (χ2v) is 15.4. The van der Waals surface area contributed by atoms with Crippen LogP contribution in [0.15, 0.2) is 76.1 Å². The second kappa shape index (κ2) is 12.4. The Morgan fingerprint density at radius 1 is 1.02 bits per heavy atom. The smallest absolute Gasteiger partial charge is 0.294 e. The van der Waals surface area contributed by atoms with E-state index < -0.39 is 27.0 Å². The van der Waals surface area contributed by atoms with Crippen molar-refractivity contribution in [3.63, 3.8) is 0 Å². The topological polar surface area (TPSA) is 113 Å². The molecule has 7 nitrogen and oxygen atoms in total.